The molecule has 0 heterocycles. The van der Waals surface area contributed by atoms with Gasteiger partial charge in [-0.05, 0) is 0 Å². The molecule has 0 amide bonds. The molecule has 0 spiro atoms. The Morgan fingerprint density at radius 1 is 0.500 bits per heavy atom. The van der Waals surface area contributed by atoms with Crippen LogP contribution >= 0.6 is 0 Å². The second kappa shape index (κ2) is 20.3. The Morgan fingerprint density at radius 3 is 1.06 bits per heavy atom. The molecule has 0 aromatic heterocycles. The van der Waals surface area contributed by atoms with E-state index in [0.29, 0.717) is 6.54 Å². The van der Waals surface area contributed by atoms with Crippen molar-refractivity contribution in [2.75, 3.05) is 6.54 Å². The molecule has 1 N–H and O–H groups in total. The first-order valence-corrected chi connectivity index (χ1v) is 8.06. The molecule has 0 aliphatic heterocycles. The molecule has 0 unspecified atom stereocenters. The summed E-state index contributed by atoms with van der Waals surface area (Å²) in [4.78, 5) is 0. The molecule has 0 saturated carbocycles. The van der Waals surface area contributed by atoms with E-state index >= 15 is 0 Å². The summed E-state index contributed by atoms with van der Waals surface area (Å²) < 4.78 is 0. The van der Waals surface area contributed by atoms with Gasteiger partial charge in [0.15, 0.2) is 0 Å². The molecule has 104 valence electrons. The molecule has 1 nitrogen and oxygen atoms in total. The molecule has 0 saturated heterocycles. The first-order chi connectivity index (χ1) is 8.41. The van der Waals surface area contributed by atoms with E-state index in [9.17, 15) is 0 Å². The summed E-state index contributed by atoms with van der Waals surface area (Å²) in [6, 6.07) is 0. The van der Waals surface area contributed by atoms with Crippen molar-refractivity contribution in [3.8, 4) is 0 Å². The van der Waals surface area contributed by atoms with Crippen LogP contribution in [0.3, 0.4) is 0 Å². The Labute approximate surface area is 138 Å². The molecule has 0 aliphatic rings. The maximum Gasteiger partial charge on any atom is 1.00 e. The molecule has 0 atom stereocenters. The van der Waals surface area contributed by atoms with Crippen molar-refractivity contribution >= 4 is 0 Å². The van der Waals surface area contributed by atoms with Crippen LogP contribution in [0.5, 0.6) is 0 Å². The smallest absolute Gasteiger partial charge is 0.677 e. The van der Waals surface area contributed by atoms with Gasteiger partial charge in [0.2, 0.25) is 0 Å². The predicted octanol–water partition coefficient (Wildman–Crippen LogP) is 3.52. The SMILES string of the molecule is CCCCCCCCCCCCCCCC[NH-].[Na+]. The number of rotatable bonds is 14. The number of unbranched alkanes of at least 4 members (excludes halogenated alkanes) is 13. The molecule has 18 heavy (non-hydrogen) atoms. The summed E-state index contributed by atoms with van der Waals surface area (Å²) in [5.41, 5.74) is 7.06. The summed E-state index contributed by atoms with van der Waals surface area (Å²) >= 11 is 0. The molecule has 0 aliphatic carbocycles. The molecular weight excluding hydrogens is 229 g/mol. The van der Waals surface area contributed by atoms with E-state index in [-0.39, 0.29) is 29.6 Å². The molecule has 0 radical (unpaired) electrons. The largest absolute Gasteiger partial charge is 1.00 e. The molecule has 0 aromatic rings. The summed E-state index contributed by atoms with van der Waals surface area (Å²) in [6.07, 6.45) is 19.5. The summed E-state index contributed by atoms with van der Waals surface area (Å²) in [7, 11) is 0. The van der Waals surface area contributed by atoms with Crippen molar-refractivity contribution < 1.29 is 29.6 Å². The van der Waals surface area contributed by atoms with Gasteiger partial charge in [-0.1, -0.05) is 96.8 Å². The Bertz CT molecular complexity index is 114. The molecular formula is C16H34NNa. The Balaban J connectivity index is 0. The maximum atomic E-state index is 7.06. The van der Waals surface area contributed by atoms with Crippen LogP contribution in [0.2, 0.25) is 0 Å². The van der Waals surface area contributed by atoms with Gasteiger partial charge in [-0.2, -0.15) is 6.54 Å². The Hall–Kier alpha value is 0.960. The van der Waals surface area contributed by atoms with Gasteiger partial charge >= 0.3 is 29.6 Å². The van der Waals surface area contributed by atoms with Crippen molar-refractivity contribution in [2.45, 2.75) is 96.8 Å². The van der Waals surface area contributed by atoms with Crippen LogP contribution in [0.1, 0.15) is 96.8 Å². The molecule has 0 bridgehead atoms. The van der Waals surface area contributed by atoms with E-state index in [4.69, 9.17) is 5.73 Å². The minimum atomic E-state index is 0. The van der Waals surface area contributed by atoms with Crippen LogP contribution in [0.15, 0.2) is 0 Å². The zero-order chi connectivity index (χ0) is 12.6. The fourth-order valence-electron chi connectivity index (χ4n) is 2.32. The predicted molar refractivity (Wildman–Crippen MR) is 79.5 cm³/mol. The van der Waals surface area contributed by atoms with E-state index in [2.05, 4.69) is 6.92 Å². The molecule has 0 aromatic carbocycles. The quantitative estimate of drug-likeness (QED) is 0.338. The van der Waals surface area contributed by atoms with Crippen LogP contribution in [-0.4, -0.2) is 6.54 Å². The van der Waals surface area contributed by atoms with Gasteiger partial charge in [0.1, 0.15) is 0 Å². The van der Waals surface area contributed by atoms with E-state index in [1.807, 2.05) is 0 Å². The monoisotopic (exact) mass is 263 g/mol. The van der Waals surface area contributed by atoms with E-state index < -0.39 is 0 Å². The second-order valence-corrected chi connectivity index (χ2v) is 5.35. The van der Waals surface area contributed by atoms with Gasteiger partial charge in [0, 0.05) is 0 Å². The minimum Gasteiger partial charge on any atom is -0.677 e. The zero-order valence-corrected chi connectivity index (χ0v) is 15.1. The van der Waals surface area contributed by atoms with E-state index in [1.165, 1.54) is 83.5 Å². The van der Waals surface area contributed by atoms with Crippen LogP contribution < -0.4 is 29.6 Å². The second-order valence-electron chi connectivity index (χ2n) is 5.35. The Kier molecular flexibility index (Phi) is 24.0. The number of nitrogens with one attached hydrogen (secondary N) is 1. The third-order valence-corrected chi connectivity index (χ3v) is 3.53. The first kappa shape index (κ1) is 21.3. The van der Waals surface area contributed by atoms with Crippen LogP contribution in [0.4, 0.5) is 0 Å². The molecule has 0 fully saturated rings. The topological polar surface area (TPSA) is 23.8 Å². The summed E-state index contributed by atoms with van der Waals surface area (Å²) in [5, 5.41) is 0. The van der Waals surface area contributed by atoms with Crippen LogP contribution in [0.25, 0.3) is 5.73 Å². The minimum absolute atomic E-state index is 0. The average molecular weight is 263 g/mol. The van der Waals surface area contributed by atoms with E-state index in [1.54, 1.807) is 0 Å². The van der Waals surface area contributed by atoms with Gasteiger partial charge in [-0.15, -0.1) is 0 Å². The van der Waals surface area contributed by atoms with Gasteiger partial charge in [-0.3, -0.25) is 0 Å². The maximum absolute atomic E-state index is 7.06. The third-order valence-electron chi connectivity index (χ3n) is 3.53. The average Bonchev–Trinajstić information content (AvgIpc) is 2.35. The van der Waals surface area contributed by atoms with E-state index in [0.717, 1.165) is 6.42 Å². The van der Waals surface area contributed by atoms with Gasteiger partial charge < -0.3 is 5.73 Å². The first-order valence-electron chi connectivity index (χ1n) is 8.06. The molecule has 0 rings (SSSR count). The summed E-state index contributed by atoms with van der Waals surface area (Å²) in [6.45, 7) is 2.90. The third kappa shape index (κ3) is 19.3. The van der Waals surface area contributed by atoms with Crippen molar-refractivity contribution in [2.24, 2.45) is 0 Å². The van der Waals surface area contributed by atoms with Crippen molar-refractivity contribution in [1.82, 2.24) is 0 Å². The van der Waals surface area contributed by atoms with Crippen LogP contribution in [-0.2, 0) is 0 Å². The van der Waals surface area contributed by atoms with Crippen molar-refractivity contribution in [3.63, 3.8) is 0 Å². The van der Waals surface area contributed by atoms with Gasteiger partial charge in [0.25, 0.3) is 0 Å². The summed E-state index contributed by atoms with van der Waals surface area (Å²) in [5.74, 6) is 0. The normalized spacial score (nSPS) is 10.3. The Morgan fingerprint density at radius 2 is 0.778 bits per heavy atom. The fourth-order valence-corrected chi connectivity index (χ4v) is 2.32. The zero-order valence-electron chi connectivity index (χ0n) is 13.1. The fraction of sp³-hybridized carbons (Fsp3) is 1.00. The van der Waals surface area contributed by atoms with Crippen LogP contribution in [0, 0.1) is 0 Å². The molecule has 2 heteroatoms. The number of hydrogen-bond acceptors (Lipinski definition) is 0. The van der Waals surface area contributed by atoms with Gasteiger partial charge in [-0.25, -0.2) is 0 Å². The van der Waals surface area contributed by atoms with Crippen molar-refractivity contribution in [1.29, 1.82) is 0 Å². The van der Waals surface area contributed by atoms with Crippen molar-refractivity contribution in [3.05, 3.63) is 5.73 Å². The standard InChI is InChI=1S/C16H34N.Na/c1-2-3-4-5-6-7-8-9-10-11-12-13-14-15-16-17;/h17H,2-16H2,1H3;/q-1;+1. The van der Waals surface area contributed by atoms with Gasteiger partial charge in [0.05, 0.1) is 0 Å². The number of hydrogen-bond donors (Lipinski definition) is 0.